The maximum Gasteiger partial charge on any atom is 0.243 e. The maximum atomic E-state index is 10.9. The molecule has 1 rings (SSSR count). The molecular formula is C5H9NOS2. The number of carbonyl (C=O) groups excluding carboxylic acids is 1. The van der Waals surface area contributed by atoms with E-state index in [1.165, 1.54) is 0 Å². The largest absolute Gasteiger partial charge is 0.357 e. The smallest absolute Gasteiger partial charge is 0.243 e. The Morgan fingerprint density at radius 1 is 1.56 bits per heavy atom. The van der Waals surface area contributed by atoms with Gasteiger partial charge < -0.3 is 5.32 Å². The molecule has 1 saturated heterocycles. The summed E-state index contributed by atoms with van der Waals surface area (Å²) in [7, 11) is 1.68. The van der Waals surface area contributed by atoms with E-state index in [1.807, 2.05) is 0 Å². The fourth-order valence-electron chi connectivity index (χ4n) is 0.628. The van der Waals surface area contributed by atoms with Crippen molar-refractivity contribution in [1.29, 1.82) is 0 Å². The van der Waals surface area contributed by atoms with Crippen LogP contribution in [0, 0.1) is 0 Å². The van der Waals surface area contributed by atoms with Gasteiger partial charge in [0.1, 0.15) is 4.58 Å². The molecule has 0 bridgehead atoms. The van der Waals surface area contributed by atoms with Crippen molar-refractivity contribution in [2.24, 2.45) is 0 Å². The molecule has 0 aromatic heterocycles. The molecule has 4 heteroatoms. The minimum atomic E-state index is 0.155. The van der Waals surface area contributed by atoms with Crippen molar-refractivity contribution in [2.45, 2.75) is 4.58 Å². The molecule has 0 aromatic carbocycles. The SMILES string of the molecule is CNC(=O)C1SCCS1. The first-order valence-corrected chi connectivity index (χ1v) is 4.89. The van der Waals surface area contributed by atoms with Gasteiger partial charge in [-0.2, -0.15) is 0 Å². The van der Waals surface area contributed by atoms with Crippen molar-refractivity contribution < 1.29 is 4.79 Å². The standard InChI is InChI=1S/C5H9NOS2/c1-6-4(7)5-8-2-3-9-5/h5H,2-3H2,1H3,(H,6,7). The van der Waals surface area contributed by atoms with Gasteiger partial charge in [0.25, 0.3) is 0 Å². The fraction of sp³-hybridized carbons (Fsp3) is 0.800. The van der Waals surface area contributed by atoms with Crippen LogP contribution in [-0.4, -0.2) is 29.0 Å². The lowest BCUT2D eigenvalue weighted by Crippen LogP contribution is -2.25. The average Bonchev–Trinajstić information content (AvgIpc) is 2.37. The molecule has 1 aliphatic rings. The molecule has 9 heavy (non-hydrogen) atoms. The van der Waals surface area contributed by atoms with Crippen molar-refractivity contribution in [3.63, 3.8) is 0 Å². The van der Waals surface area contributed by atoms with Gasteiger partial charge in [-0.1, -0.05) is 0 Å². The Labute approximate surface area is 63.2 Å². The van der Waals surface area contributed by atoms with Gasteiger partial charge in [-0.05, 0) is 0 Å². The van der Waals surface area contributed by atoms with Gasteiger partial charge in [-0.3, -0.25) is 4.79 Å². The van der Waals surface area contributed by atoms with Crippen molar-refractivity contribution >= 4 is 29.4 Å². The number of thioether (sulfide) groups is 2. The fourth-order valence-corrected chi connectivity index (χ4v) is 3.33. The van der Waals surface area contributed by atoms with Gasteiger partial charge >= 0.3 is 0 Å². The summed E-state index contributed by atoms with van der Waals surface area (Å²) in [6.07, 6.45) is 0. The summed E-state index contributed by atoms with van der Waals surface area (Å²) in [5.74, 6) is 2.38. The van der Waals surface area contributed by atoms with E-state index in [0.717, 1.165) is 11.5 Å². The van der Waals surface area contributed by atoms with Crippen LogP contribution >= 0.6 is 23.5 Å². The molecule has 1 aliphatic heterocycles. The molecule has 0 spiro atoms. The van der Waals surface area contributed by atoms with E-state index in [9.17, 15) is 4.79 Å². The van der Waals surface area contributed by atoms with E-state index < -0.39 is 0 Å². The zero-order valence-electron chi connectivity index (χ0n) is 5.22. The number of amides is 1. The van der Waals surface area contributed by atoms with Crippen molar-refractivity contribution in [3.8, 4) is 0 Å². The second kappa shape index (κ2) is 3.37. The summed E-state index contributed by atoms with van der Waals surface area (Å²) in [6, 6.07) is 0. The van der Waals surface area contributed by atoms with Crippen LogP contribution in [0.4, 0.5) is 0 Å². The molecule has 1 fully saturated rings. The summed E-state index contributed by atoms with van der Waals surface area (Å²) in [6.45, 7) is 0. The van der Waals surface area contributed by atoms with Gasteiger partial charge in [0.05, 0.1) is 0 Å². The van der Waals surface area contributed by atoms with E-state index in [-0.39, 0.29) is 10.5 Å². The van der Waals surface area contributed by atoms with Crippen LogP contribution in [0.1, 0.15) is 0 Å². The molecule has 52 valence electrons. The first-order valence-electron chi connectivity index (χ1n) is 2.79. The monoisotopic (exact) mass is 163 g/mol. The Balaban J connectivity index is 2.32. The Hall–Kier alpha value is 0.170. The lowest BCUT2D eigenvalue weighted by molar-refractivity contribution is -0.118. The van der Waals surface area contributed by atoms with E-state index in [4.69, 9.17) is 0 Å². The van der Waals surface area contributed by atoms with E-state index in [0.29, 0.717) is 0 Å². The van der Waals surface area contributed by atoms with E-state index in [2.05, 4.69) is 5.32 Å². The Kier molecular flexibility index (Phi) is 2.72. The topological polar surface area (TPSA) is 29.1 Å². The first kappa shape index (κ1) is 7.28. The molecule has 0 saturated carbocycles. The van der Waals surface area contributed by atoms with Crippen LogP contribution in [0.25, 0.3) is 0 Å². The summed E-state index contributed by atoms with van der Waals surface area (Å²) in [4.78, 5) is 10.9. The van der Waals surface area contributed by atoms with Gasteiger partial charge in [0.15, 0.2) is 0 Å². The second-order valence-corrected chi connectivity index (χ2v) is 4.41. The lowest BCUT2D eigenvalue weighted by atomic mass is 10.7. The zero-order chi connectivity index (χ0) is 6.69. The maximum absolute atomic E-state index is 10.9. The summed E-state index contributed by atoms with van der Waals surface area (Å²) in [5, 5.41) is 2.63. The highest BCUT2D eigenvalue weighted by Gasteiger charge is 2.22. The lowest BCUT2D eigenvalue weighted by Gasteiger charge is -2.03. The predicted molar refractivity (Wildman–Crippen MR) is 42.8 cm³/mol. The number of nitrogens with one attached hydrogen (secondary N) is 1. The average molecular weight is 163 g/mol. The normalized spacial score (nSPS) is 20.1. The van der Waals surface area contributed by atoms with Gasteiger partial charge in [0.2, 0.25) is 5.91 Å². The molecule has 0 aliphatic carbocycles. The molecular weight excluding hydrogens is 154 g/mol. The predicted octanol–water partition coefficient (Wildman–Crippen LogP) is 0.538. The third-order valence-electron chi connectivity index (χ3n) is 1.08. The molecule has 0 unspecified atom stereocenters. The van der Waals surface area contributed by atoms with Crippen LogP contribution in [0.15, 0.2) is 0 Å². The minimum Gasteiger partial charge on any atom is -0.357 e. The zero-order valence-corrected chi connectivity index (χ0v) is 6.85. The highest BCUT2D eigenvalue weighted by molar-refractivity contribution is 8.21. The van der Waals surface area contributed by atoms with Crippen LogP contribution in [0.5, 0.6) is 0 Å². The van der Waals surface area contributed by atoms with Crippen LogP contribution in [0.3, 0.4) is 0 Å². The van der Waals surface area contributed by atoms with Gasteiger partial charge in [-0.15, -0.1) is 23.5 Å². The van der Waals surface area contributed by atoms with Gasteiger partial charge in [-0.25, -0.2) is 0 Å². The van der Waals surface area contributed by atoms with E-state index >= 15 is 0 Å². The van der Waals surface area contributed by atoms with Gasteiger partial charge in [0, 0.05) is 18.6 Å². The number of hydrogen-bond acceptors (Lipinski definition) is 3. The third-order valence-corrected chi connectivity index (χ3v) is 4.07. The summed E-state index contributed by atoms with van der Waals surface area (Å²) < 4.78 is 0.162. The van der Waals surface area contributed by atoms with Crippen molar-refractivity contribution in [3.05, 3.63) is 0 Å². The number of hydrogen-bond donors (Lipinski definition) is 1. The molecule has 0 aromatic rings. The molecule has 0 atom stereocenters. The number of carbonyl (C=O) groups is 1. The summed E-state index contributed by atoms with van der Waals surface area (Å²) >= 11 is 3.45. The summed E-state index contributed by atoms with van der Waals surface area (Å²) in [5.41, 5.74) is 0. The second-order valence-electron chi connectivity index (χ2n) is 1.69. The Bertz CT molecular complexity index is 112. The quantitative estimate of drug-likeness (QED) is 0.611. The number of rotatable bonds is 1. The molecule has 2 nitrogen and oxygen atoms in total. The highest BCUT2D eigenvalue weighted by atomic mass is 32.2. The van der Waals surface area contributed by atoms with E-state index in [1.54, 1.807) is 30.6 Å². The van der Waals surface area contributed by atoms with Crippen LogP contribution in [0.2, 0.25) is 0 Å². The third kappa shape index (κ3) is 1.79. The first-order chi connectivity index (χ1) is 4.34. The van der Waals surface area contributed by atoms with Crippen LogP contribution < -0.4 is 5.32 Å². The van der Waals surface area contributed by atoms with Crippen molar-refractivity contribution in [1.82, 2.24) is 5.32 Å². The molecule has 1 N–H and O–H groups in total. The Morgan fingerprint density at radius 3 is 2.56 bits per heavy atom. The minimum absolute atomic E-state index is 0.155. The molecule has 1 heterocycles. The highest BCUT2D eigenvalue weighted by Crippen LogP contribution is 2.31. The van der Waals surface area contributed by atoms with Crippen molar-refractivity contribution in [2.75, 3.05) is 18.6 Å². The molecule has 1 amide bonds. The Morgan fingerprint density at radius 2 is 2.11 bits per heavy atom. The van der Waals surface area contributed by atoms with Crippen LogP contribution in [-0.2, 0) is 4.79 Å². The molecule has 0 radical (unpaired) electrons.